The van der Waals surface area contributed by atoms with Gasteiger partial charge in [0.2, 0.25) is 0 Å². The van der Waals surface area contributed by atoms with E-state index in [4.69, 9.17) is 4.74 Å². The normalized spacial score (nSPS) is 23.1. The van der Waals surface area contributed by atoms with Crippen LogP contribution in [0.4, 0.5) is 5.69 Å². The first kappa shape index (κ1) is 15.8. The van der Waals surface area contributed by atoms with Gasteiger partial charge in [-0.25, -0.2) is 0 Å². The number of ether oxygens (including phenoxy) is 1. The lowest BCUT2D eigenvalue weighted by Crippen LogP contribution is -2.50. The molecule has 1 saturated heterocycles. The van der Waals surface area contributed by atoms with Crippen molar-refractivity contribution in [3.8, 4) is 0 Å². The number of hydrogen-bond acceptors (Lipinski definition) is 4. The largest absolute Gasteiger partial charge is 0.394 e. The molecular formula is C15H23BrN2O2. The minimum absolute atomic E-state index is 0.0717. The van der Waals surface area contributed by atoms with E-state index in [9.17, 15) is 5.11 Å². The zero-order valence-electron chi connectivity index (χ0n) is 12.1. The molecule has 0 amide bonds. The zero-order chi connectivity index (χ0) is 14.5. The fourth-order valence-corrected chi connectivity index (χ4v) is 2.91. The second-order valence-corrected chi connectivity index (χ2v) is 6.11. The Balaban J connectivity index is 2.24. The number of nitrogens with zero attached hydrogens (tertiary/aromatic N) is 1. The molecule has 1 aliphatic rings. The third-order valence-corrected chi connectivity index (χ3v) is 4.12. The quantitative estimate of drug-likeness (QED) is 0.860. The summed E-state index contributed by atoms with van der Waals surface area (Å²) < 4.78 is 6.71. The second kappa shape index (κ2) is 7.41. The van der Waals surface area contributed by atoms with Gasteiger partial charge in [-0.05, 0) is 37.2 Å². The highest BCUT2D eigenvalue weighted by Crippen LogP contribution is 2.28. The summed E-state index contributed by atoms with van der Waals surface area (Å²) in [6.45, 7) is 7.52. The highest BCUT2D eigenvalue weighted by molar-refractivity contribution is 9.10. The van der Waals surface area contributed by atoms with Gasteiger partial charge < -0.3 is 20.1 Å². The van der Waals surface area contributed by atoms with E-state index in [1.165, 1.54) is 11.3 Å². The molecule has 0 bridgehead atoms. The van der Waals surface area contributed by atoms with E-state index >= 15 is 0 Å². The van der Waals surface area contributed by atoms with Crippen LogP contribution in [-0.4, -0.2) is 43.6 Å². The number of anilines is 1. The number of morpholine rings is 1. The Morgan fingerprint density at radius 3 is 3.00 bits per heavy atom. The highest BCUT2D eigenvalue weighted by Gasteiger charge is 2.27. The van der Waals surface area contributed by atoms with Gasteiger partial charge in [-0.2, -0.15) is 0 Å². The number of benzene rings is 1. The Kier molecular flexibility index (Phi) is 5.84. The third kappa shape index (κ3) is 3.73. The molecule has 1 aromatic rings. The maximum atomic E-state index is 9.33. The summed E-state index contributed by atoms with van der Waals surface area (Å²) in [6.07, 6.45) is -0.0955. The van der Waals surface area contributed by atoms with Crippen molar-refractivity contribution >= 4 is 21.6 Å². The van der Waals surface area contributed by atoms with Crippen LogP contribution in [-0.2, 0) is 11.3 Å². The molecule has 1 aliphatic heterocycles. The monoisotopic (exact) mass is 342 g/mol. The zero-order valence-corrected chi connectivity index (χ0v) is 13.7. The smallest absolute Gasteiger partial charge is 0.0981 e. The third-order valence-electron chi connectivity index (χ3n) is 3.63. The Morgan fingerprint density at radius 1 is 1.50 bits per heavy atom. The van der Waals surface area contributed by atoms with Gasteiger partial charge in [0.1, 0.15) is 0 Å². The van der Waals surface area contributed by atoms with Crippen molar-refractivity contribution in [2.24, 2.45) is 0 Å². The summed E-state index contributed by atoms with van der Waals surface area (Å²) in [5.74, 6) is 0. The molecule has 112 valence electrons. The Hall–Kier alpha value is -0.620. The van der Waals surface area contributed by atoms with Gasteiger partial charge in [0.25, 0.3) is 0 Å². The van der Waals surface area contributed by atoms with Crippen molar-refractivity contribution in [1.29, 1.82) is 0 Å². The van der Waals surface area contributed by atoms with E-state index < -0.39 is 0 Å². The molecule has 4 nitrogen and oxygen atoms in total. The van der Waals surface area contributed by atoms with Crippen molar-refractivity contribution in [2.75, 3.05) is 31.2 Å². The number of nitrogens with one attached hydrogen (secondary N) is 1. The summed E-state index contributed by atoms with van der Waals surface area (Å²) in [4.78, 5) is 2.34. The maximum Gasteiger partial charge on any atom is 0.0981 e. The van der Waals surface area contributed by atoms with Crippen LogP contribution in [0.2, 0.25) is 0 Å². The van der Waals surface area contributed by atoms with E-state index in [0.29, 0.717) is 12.6 Å². The predicted octanol–water partition coefficient (Wildman–Crippen LogP) is 2.14. The van der Waals surface area contributed by atoms with Crippen molar-refractivity contribution in [3.05, 3.63) is 28.2 Å². The van der Waals surface area contributed by atoms with Crippen LogP contribution in [0.25, 0.3) is 0 Å². The topological polar surface area (TPSA) is 44.7 Å². The van der Waals surface area contributed by atoms with Crippen LogP contribution in [0, 0.1) is 0 Å². The van der Waals surface area contributed by atoms with E-state index in [2.05, 4.69) is 58.2 Å². The predicted molar refractivity (Wildman–Crippen MR) is 85.2 cm³/mol. The lowest BCUT2D eigenvalue weighted by atomic mass is 10.1. The van der Waals surface area contributed by atoms with E-state index in [1.54, 1.807) is 0 Å². The molecule has 0 aliphatic carbocycles. The molecule has 2 rings (SSSR count). The van der Waals surface area contributed by atoms with Crippen molar-refractivity contribution in [2.45, 2.75) is 32.5 Å². The molecule has 1 heterocycles. The molecule has 1 aromatic carbocycles. The van der Waals surface area contributed by atoms with Crippen LogP contribution >= 0.6 is 15.9 Å². The average molecular weight is 343 g/mol. The van der Waals surface area contributed by atoms with Gasteiger partial charge in [0.15, 0.2) is 0 Å². The fraction of sp³-hybridized carbons (Fsp3) is 0.600. The van der Waals surface area contributed by atoms with Gasteiger partial charge in [-0.3, -0.25) is 0 Å². The molecule has 1 fully saturated rings. The Morgan fingerprint density at radius 2 is 2.30 bits per heavy atom. The van der Waals surface area contributed by atoms with Crippen LogP contribution in [0.15, 0.2) is 22.7 Å². The minimum atomic E-state index is -0.0955. The summed E-state index contributed by atoms with van der Waals surface area (Å²) in [6, 6.07) is 6.70. The maximum absolute atomic E-state index is 9.33. The molecule has 0 aromatic heterocycles. The van der Waals surface area contributed by atoms with Crippen LogP contribution in [0.1, 0.15) is 19.4 Å². The number of rotatable bonds is 5. The summed E-state index contributed by atoms with van der Waals surface area (Å²) in [7, 11) is 0. The highest BCUT2D eigenvalue weighted by atomic mass is 79.9. The Labute approximate surface area is 129 Å². The van der Waals surface area contributed by atoms with Crippen LogP contribution in [0.3, 0.4) is 0 Å². The number of aliphatic hydroxyl groups excluding tert-OH is 1. The van der Waals surface area contributed by atoms with Crippen molar-refractivity contribution < 1.29 is 9.84 Å². The number of aliphatic hydroxyl groups is 1. The standard InChI is InChI=1S/C15H23BrN2O2/c1-3-17-7-12-6-13(16)4-5-15(12)18-8-14(9-19)20-10-11(18)2/h4-6,11,14,17,19H,3,7-10H2,1-2H3. The average Bonchev–Trinajstić information content (AvgIpc) is 2.46. The molecule has 0 radical (unpaired) electrons. The first-order chi connectivity index (χ1) is 9.65. The summed E-state index contributed by atoms with van der Waals surface area (Å²) in [5.41, 5.74) is 2.50. The molecule has 0 saturated carbocycles. The first-order valence-electron chi connectivity index (χ1n) is 7.14. The van der Waals surface area contributed by atoms with E-state index in [0.717, 1.165) is 24.1 Å². The van der Waals surface area contributed by atoms with Gasteiger partial charge in [-0.15, -0.1) is 0 Å². The molecular weight excluding hydrogens is 320 g/mol. The number of hydrogen-bond donors (Lipinski definition) is 2. The van der Waals surface area contributed by atoms with Gasteiger partial charge in [-0.1, -0.05) is 22.9 Å². The lowest BCUT2D eigenvalue weighted by Gasteiger charge is -2.40. The summed E-state index contributed by atoms with van der Waals surface area (Å²) in [5, 5.41) is 12.7. The van der Waals surface area contributed by atoms with Gasteiger partial charge in [0, 0.05) is 29.3 Å². The SMILES string of the molecule is CCNCc1cc(Br)ccc1N1CC(CO)OCC1C. The Bertz CT molecular complexity index is 442. The molecule has 2 N–H and O–H groups in total. The first-order valence-corrected chi connectivity index (χ1v) is 7.93. The van der Waals surface area contributed by atoms with Gasteiger partial charge in [0.05, 0.1) is 19.3 Å². The molecule has 2 atom stereocenters. The molecule has 2 unspecified atom stereocenters. The summed E-state index contributed by atoms with van der Waals surface area (Å²) >= 11 is 3.54. The van der Waals surface area contributed by atoms with Gasteiger partial charge >= 0.3 is 0 Å². The fourth-order valence-electron chi connectivity index (χ4n) is 2.50. The second-order valence-electron chi connectivity index (χ2n) is 5.19. The molecule has 20 heavy (non-hydrogen) atoms. The van der Waals surface area contributed by atoms with Crippen molar-refractivity contribution in [1.82, 2.24) is 5.32 Å². The lowest BCUT2D eigenvalue weighted by molar-refractivity contribution is -0.0103. The minimum Gasteiger partial charge on any atom is -0.394 e. The number of halogens is 1. The van der Waals surface area contributed by atoms with E-state index in [1.807, 2.05) is 0 Å². The molecule has 5 heteroatoms. The van der Waals surface area contributed by atoms with Crippen LogP contribution in [0.5, 0.6) is 0 Å². The van der Waals surface area contributed by atoms with Crippen LogP contribution < -0.4 is 10.2 Å². The molecule has 0 spiro atoms. The van der Waals surface area contributed by atoms with E-state index in [-0.39, 0.29) is 12.7 Å². The van der Waals surface area contributed by atoms with Crippen molar-refractivity contribution in [3.63, 3.8) is 0 Å².